The molecule has 2 heterocycles. The first kappa shape index (κ1) is 13.4. The molecule has 20 heavy (non-hydrogen) atoms. The van der Waals surface area contributed by atoms with Gasteiger partial charge in [0.1, 0.15) is 5.76 Å². The molecule has 0 bridgehead atoms. The molecule has 3 atom stereocenters. The Kier molecular flexibility index (Phi) is 4.19. The lowest BCUT2D eigenvalue weighted by molar-refractivity contribution is 0.176. The van der Waals surface area contributed by atoms with Crippen molar-refractivity contribution in [2.24, 2.45) is 5.92 Å². The molecule has 3 rings (SSSR count). The van der Waals surface area contributed by atoms with E-state index in [1.54, 1.807) is 6.26 Å². The van der Waals surface area contributed by atoms with Crippen molar-refractivity contribution in [1.29, 1.82) is 0 Å². The minimum absolute atomic E-state index is 0.0989. The molecule has 3 unspecified atom stereocenters. The number of hydrogen-bond acceptors (Lipinski definition) is 3. The second-order valence-electron chi connectivity index (χ2n) is 5.44. The molecule has 1 aromatic heterocycles. The van der Waals surface area contributed by atoms with E-state index in [0.29, 0.717) is 12.0 Å². The Hall–Kier alpha value is -1.58. The first-order valence-electron chi connectivity index (χ1n) is 7.27. The number of nitrogens with one attached hydrogen (secondary N) is 1. The fourth-order valence-corrected chi connectivity index (χ4v) is 2.79. The highest BCUT2D eigenvalue weighted by Gasteiger charge is 2.26. The zero-order valence-corrected chi connectivity index (χ0v) is 11.8. The van der Waals surface area contributed by atoms with E-state index in [-0.39, 0.29) is 6.04 Å². The third kappa shape index (κ3) is 2.94. The average Bonchev–Trinajstić information content (AvgIpc) is 3.18. The molecule has 1 aliphatic rings. The summed E-state index contributed by atoms with van der Waals surface area (Å²) in [6.45, 7) is 3.97. The molecule has 1 saturated heterocycles. The molecule has 3 heteroatoms. The van der Waals surface area contributed by atoms with Gasteiger partial charge in [0.15, 0.2) is 0 Å². The van der Waals surface area contributed by atoms with E-state index in [9.17, 15) is 0 Å². The highest BCUT2D eigenvalue weighted by molar-refractivity contribution is 5.26. The van der Waals surface area contributed by atoms with Gasteiger partial charge in [-0.15, -0.1) is 0 Å². The Balaban J connectivity index is 1.79. The normalized spacial score (nSPS) is 21.8. The number of rotatable bonds is 5. The van der Waals surface area contributed by atoms with Gasteiger partial charge in [-0.25, -0.2) is 0 Å². The third-order valence-corrected chi connectivity index (χ3v) is 4.06. The first-order chi connectivity index (χ1) is 9.84. The lowest BCUT2D eigenvalue weighted by atomic mass is 9.97. The average molecular weight is 271 g/mol. The van der Waals surface area contributed by atoms with Crippen molar-refractivity contribution in [3.8, 4) is 0 Å². The SMILES string of the molecule is CC(NC(c1ccccc1)c1ccco1)C1CCOC1. The fraction of sp³-hybridized carbons (Fsp3) is 0.412. The summed E-state index contributed by atoms with van der Waals surface area (Å²) in [6.07, 6.45) is 2.87. The van der Waals surface area contributed by atoms with Crippen LogP contribution in [0.4, 0.5) is 0 Å². The predicted octanol–water partition coefficient (Wildman–Crippen LogP) is 3.38. The van der Waals surface area contributed by atoms with Crippen molar-refractivity contribution in [3.63, 3.8) is 0 Å². The largest absolute Gasteiger partial charge is 0.467 e. The van der Waals surface area contributed by atoms with Gasteiger partial charge >= 0.3 is 0 Å². The Labute approximate surface area is 119 Å². The van der Waals surface area contributed by atoms with E-state index in [4.69, 9.17) is 9.15 Å². The van der Waals surface area contributed by atoms with Gasteiger partial charge in [-0.3, -0.25) is 0 Å². The van der Waals surface area contributed by atoms with E-state index >= 15 is 0 Å². The molecule has 0 spiro atoms. The van der Waals surface area contributed by atoms with Crippen LogP contribution in [0.3, 0.4) is 0 Å². The molecule has 1 fully saturated rings. The van der Waals surface area contributed by atoms with Crippen molar-refractivity contribution in [1.82, 2.24) is 5.32 Å². The van der Waals surface area contributed by atoms with Crippen LogP contribution in [0.2, 0.25) is 0 Å². The lowest BCUT2D eigenvalue weighted by Crippen LogP contribution is -2.37. The van der Waals surface area contributed by atoms with Crippen LogP contribution in [0.1, 0.15) is 30.7 Å². The topological polar surface area (TPSA) is 34.4 Å². The van der Waals surface area contributed by atoms with Crippen molar-refractivity contribution < 1.29 is 9.15 Å². The molecule has 1 aliphatic heterocycles. The van der Waals surface area contributed by atoms with Gasteiger partial charge in [0, 0.05) is 12.6 Å². The quantitative estimate of drug-likeness (QED) is 0.905. The Bertz CT molecular complexity index is 503. The second kappa shape index (κ2) is 6.25. The summed E-state index contributed by atoms with van der Waals surface area (Å²) in [5.41, 5.74) is 1.23. The van der Waals surface area contributed by atoms with Gasteiger partial charge in [-0.1, -0.05) is 30.3 Å². The number of hydrogen-bond donors (Lipinski definition) is 1. The van der Waals surface area contributed by atoms with Crippen molar-refractivity contribution in [2.75, 3.05) is 13.2 Å². The van der Waals surface area contributed by atoms with E-state index < -0.39 is 0 Å². The van der Waals surface area contributed by atoms with Gasteiger partial charge in [0.2, 0.25) is 0 Å². The minimum Gasteiger partial charge on any atom is -0.467 e. The number of furan rings is 1. The van der Waals surface area contributed by atoms with Crippen LogP contribution in [0.15, 0.2) is 53.1 Å². The van der Waals surface area contributed by atoms with Gasteiger partial charge in [0.25, 0.3) is 0 Å². The number of ether oxygens (including phenoxy) is 1. The zero-order chi connectivity index (χ0) is 13.8. The van der Waals surface area contributed by atoms with Crippen molar-refractivity contribution >= 4 is 0 Å². The maximum atomic E-state index is 5.62. The molecule has 0 saturated carbocycles. The first-order valence-corrected chi connectivity index (χ1v) is 7.27. The molecule has 2 aromatic rings. The molecular formula is C17H21NO2. The lowest BCUT2D eigenvalue weighted by Gasteiger charge is -2.25. The van der Waals surface area contributed by atoms with Crippen LogP contribution < -0.4 is 5.32 Å². The Morgan fingerprint density at radius 3 is 2.65 bits per heavy atom. The van der Waals surface area contributed by atoms with E-state index in [1.807, 2.05) is 18.2 Å². The Morgan fingerprint density at radius 2 is 2.00 bits per heavy atom. The highest BCUT2D eigenvalue weighted by Crippen LogP contribution is 2.25. The molecule has 3 nitrogen and oxygen atoms in total. The van der Waals surface area contributed by atoms with Crippen LogP contribution in [0.25, 0.3) is 0 Å². The fourth-order valence-electron chi connectivity index (χ4n) is 2.79. The summed E-state index contributed by atoms with van der Waals surface area (Å²) in [4.78, 5) is 0. The van der Waals surface area contributed by atoms with Crippen molar-refractivity contribution in [3.05, 3.63) is 60.1 Å². The summed E-state index contributed by atoms with van der Waals surface area (Å²) in [7, 11) is 0. The van der Waals surface area contributed by atoms with Crippen LogP contribution in [-0.4, -0.2) is 19.3 Å². The monoisotopic (exact) mass is 271 g/mol. The van der Waals surface area contributed by atoms with Crippen LogP contribution in [0, 0.1) is 5.92 Å². The Morgan fingerprint density at radius 1 is 1.15 bits per heavy atom. The summed E-state index contributed by atoms with van der Waals surface area (Å²) in [5.74, 6) is 1.54. The van der Waals surface area contributed by atoms with Gasteiger partial charge in [-0.2, -0.15) is 0 Å². The molecule has 106 valence electrons. The zero-order valence-electron chi connectivity index (χ0n) is 11.8. The van der Waals surface area contributed by atoms with Crippen LogP contribution >= 0.6 is 0 Å². The molecule has 1 aromatic carbocycles. The highest BCUT2D eigenvalue weighted by atomic mass is 16.5. The van der Waals surface area contributed by atoms with Crippen LogP contribution in [-0.2, 0) is 4.74 Å². The van der Waals surface area contributed by atoms with Gasteiger partial charge in [-0.05, 0) is 37.0 Å². The summed E-state index contributed by atoms with van der Waals surface area (Å²) in [5, 5.41) is 3.70. The van der Waals surface area contributed by atoms with Crippen LogP contribution in [0.5, 0.6) is 0 Å². The smallest absolute Gasteiger partial charge is 0.125 e. The molecule has 0 radical (unpaired) electrons. The van der Waals surface area contributed by atoms with E-state index in [1.165, 1.54) is 5.56 Å². The standard InChI is InChI=1S/C17H21NO2/c1-13(15-9-11-19-12-15)18-17(16-8-5-10-20-16)14-6-3-2-4-7-14/h2-8,10,13,15,17-18H,9,11-12H2,1H3. The minimum atomic E-state index is 0.0989. The number of benzene rings is 1. The summed E-state index contributed by atoms with van der Waals surface area (Å²) in [6, 6.07) is 14.9. The van der Waals surface area contributed by atoms with Crippen molar-refractivity contribution in [2.45, 2.75) is 25.4 Å². The predicted molar refractivity (Wildman–Crippen MR) is 78.5 cm³/mol. The molecular weight excluding hydrogens is 250 g/mol. The van der Waals surface area contributed by atoms with Gasteiger partial charge < -0.3 is 14.5 Å². The molecule has 0 amide bonds. The van der Waals surface area contributed by atoms with E-state index in [2.05, 4.69) is 36.5 Å². The maximum absolute atomic E-state index is 5.62. The van der Waals surface area contributed by atoms with E-state index in [0.717, 1.165) is 25.4 Å². The third-order valence-electron chi connectivity index (χ3n) is 4.06. The molecule has 1 N–H and O–H groups in total. The summed E-state index contributed by atoms with van der Waals surface area (Å²) >= 11 is 0. The summed E-state index contributed by atoms with van der Waals surface area (Å²) < 4.78 is 11.1. The maximum Gasteiger partial charge on any atom is 0.125 e. The van der Waals surface area contributed by atoms with Gasteiger partial charge in [0.05, 0.1) is 18.9 Å². The molecule has 0 aliphatic carbocycles. The second-order valence-corrected chi connectivity index (χ2v) is 5.44.